The maximum absolute atomic E-state index is 13.2. The summed E-state index contributed by atoms with van der Waals surface area (Å²) in [5, 5.41) is 43.7. The fourth-order valence-corrected chi connectivity index (χ4v) is 9.68. The lowest BCUT2D eigenvalue weighted by molar-refractivity contribution is 0.0114. The quantitative estimate of drug-likeness (QED) is 0.0179. The van der Waals surface area contributed by atoms with Crippen molar-refractivity contribution in [1.82, 2.24) is 19.9 Å². The van der Waals surface area contributed by atoms with Crippen molar-refractivity contribution in [2.45, 2.75) is 169 Å². The molecule has 2 aliphatic rings. The van der Waals surface area contributed by atoms with Crippen LogP contribution in [0.15, 0.2) is 82.5 Å². The van der Waals surface area contributed by atoms with Crippen LogP contribution in [0.1, 0.15) is 164 Å². The number of aromatic nitrogens is 2. The molecule has 0 saturated carbocycles. The van der Waals surface area contributed by atoms with Gasteiger partial charge in [0.25, 0.3) is 5.89 Å². The Hall–Kier alpha value is -7.98. The highest BCUT2D eigenvalue weighted by atomic mass is 28.4. The molecule has 0 radical (unpaired) electrons. The van der Waals surface area contributed by atoms with Gasteiger partial charge in [-0.3, -0.25) is 9.80 Å². The van der Waals surface area contributed by atoms with Gasteiger partial charge in [0.1, 0.15) is 28.8 Å². The molecule has 7 rings (SSSR count). The standard InChI is InChI=1S/C28H32N4O5.C23H39N3O4Si.C11H11NO3/c1-17(2)35-24-13-10-18(16-22(24)29-6)26-30-25(31-37-26)21-9-7-8-20-19(21)11-12-23(20)32(14-15-33)27(34)36-28(3,4)5;1-22(2,3)30-21(27)26(14-15-29-31(7,8)23(4,5)6)19-13-12-16-17(19)10-9-11-18(16)20(24)25-28;1-7(2)15-10-4-3-8(11(13)14)5-9(10)6-12/h7-10,13,16-17,23,33H,11-12,14-15H2,1-5H3;9-11,19,28H,12-15H2,1-8H3,(H2,24,25);3-5,7H,1-2H3,(H,13,14)/t23-;19-;/m00./s1/i17D,23D;19D;7D. The topological polar surface area (TPSA) is 270 Å². The molecule has 21 heteroatoms. The summed E-state index contributed by atoms with van der Waals surface area (Å²) in [6, 6.07) is 18.6. The molecule has 0 bridgehead atoms. The molecule has 0 unspecified atom stereocenters. The van der Waals surface area contributed by atoms with E-state index in [4.69, 9.17) is 58.5 Å². The minimum absolute atomic E-state index is 0.00354. The summed E-state index contributed by atoms with van der Waals surface area (Å²) in [5.74, 6) is -0.0838. The molecule has 5 N–H and O–H groups in total. The SMILES string of the molecule is [2H]C(C)(C)Oc1ccc(-c2nc(-c3cccc4c3CC[C@]4([2H])N(CCO)C(=O)OC(C)(C)C)no2)cc1[N+]#[C-].[2H]C(C)(C)Oc1ccc(C(=O)O)cc1C#N.[2H][C@]1(N(CCO[Si](C)(C)C(C)(C)C)C(=O)OC(C)(C)C)CCc2c(/C(N)=N\O)cccc21. The van der Waals surface area contributed by atoms with Crippen LogP contribution in [0.25, 0.3) is 27.7 Å². The van der Waals surface area contributed by atoms with Crippen LogP contribution in [0.3, 0.4) is 0 Å². The maximum Gasteiger partial charge on any atom is 0.410 e. The van der Waals surface area contributed by atoms with Crippen LogP contribution < -0.4 is 15.2 Å². The number of oxime groups is 1. The molecule has 446 valence electrons. The van der Waals surface area contributed by atoms with E-state index in [0.717, 1.165) is 11.1 Å². The summed E-state index contributed by atoms with van der Waals surface area (Å²) < 4.78 is 67.9. The number of ether oxygens (including phenoxy) is 4. The number of fused-ring (bicyclic) bond motifs is 2. The predicted molar refractivity (Wildman–Crippen MR) is 318 cm³/mol. The van der Waals surface area contributed by atoms with Crippen molar-refractivity contribution < 1.29 is 63.2 Å². The number of amides is 2. The highest BCUT2D eigenvalue weighted by molar-refractivity contribution is 6.74. The summed E-state index contributed by atoms with van der Waals surface area (Å²) in [7, 11) is -2.02. The molecule has 1 heterocycles. The van der Waals surface area contributed by atoms with Crippen molar-refractivity contribution in [3.05, 3.63) is 123 Å². The molecule has 0 saturated heterocycles. The van der Waals surface area contributed by atoms with E-state index < -0.39 is 61.9 Å². The number of nitrogens with zero attached hydrogens (tertiary/aromatic N) is 7. The molecule has 1 aromatic heterocycles. The first kappa shape index (κ1) is 59.6. The Morgan fingerprint density at radius 1 is 0.867 bits per heavy atom. The maximum atomic E-state index is 13.2. The van der Waals surface area contributed by atoms with Gasteiger partial charge in [-0.2, -0.15) is 10.2 Å². The highest BCUT2D eigenvalue weighted by Crippen LogP contribution is 2.43. The molecule has 20 nitrogen and oxygen atoms in total. The number of carboxylic acid groups (broad SMARTS) is 1. The zero-order chi connectivity index (χ0) is 65.5. The number of amidine groups is 1. The fraction of sp³-hybridized carbons (Fsp3) is 0.484. The first-order valence-corrected chi connectivity index (χ1v) is 30.0. The number of hydrogen-bond acceptors (Lipinski definition) is 15. The molecule has 4 aromatic carbocycles. The van der Waals surface area contributed by atoms with E-state index >= 15 is 0 Å². The Morgan fingerprint density at radius 3 is 1.95 bits per heavy atom. The molecule has 2 aliphatic carbocycles. The summed E-state index contributed by atoms with van der Waals surface area (Å²) in [6.07, 6.45) is -1.86. The summed E-state index contributed by atoms with van der Waals surface area (Å²) >= 11 is 0. The van der Waals surface area contributed by atoms with Gasteiger partial charge in [0, 0.05) is 29.8 Å². The monoisotopic (exact) mass is 1160 g/mol. The minimum Gasteiger partial charge on any atom is -0.502 e. The normalized spacial score (nSPS) is 17.6. The van der Waals surface area contributed by atoms with Gasteiger partial charge in [-0.05, 0) is 172 Å². The summed E-state index contributed by atoms with van der Waals surface area (Å²) in [5.41, 5.74) is 9.46. The number of aliphatic hydroxyl groups is 1. The van der Waals surface area contributed by atoms with Crippen molar-refractivity contribution >= 4 is 38.0 Å². The predicted octanol–water partition coefficient (Wildman–Crippen LogP) is 13.0. The fourth-order valence-electron chi connectivity index (χ4n) is 8.64. The average Bonchev–Trinajstić information content (AvgIpc) is 2.04. The first-order valence-electron chi connectivity index (χ1n) is 29.1. The van der Waals surface area contributed by atoms with Crippen LogP contribution in [-0.2, 0) is 26.7 Å². The van der Waals surface area contributed by atoms with Gasteiger partial charge in [0.2, 0.25) is 11.5 Å². The average molecular weight is 1160 g/mol. The van der Waals surface area contributed by atoms with Gasteiger partial charge in [-0.1, -0.05) is 67.5 Å². The first-order chi connectivity index (χ1) is 40.1. The number of rotatable bonds is 16. The zero-order valence-electron chi connectivity index (χ0n) is 54.3. The van der Waals surface area contributed by atoms with E-state index in [0.29, 0.717) is 71.7 Å². The van der Waals surface area contributed by atoms with E-state index in [1.165, 1.54) is 41.8 Å². The number of aliphatic hydroxyl groups excluding tert-OH is 1. The Morgan fingerprint density at radius 2 is 1.42 bits per heavy atom. The molecule has 0 fully saturated rings. The third kappa shape index (κ3) is 17.5. The summed E-state index contributed by atoms with van der Waals surface area (Å²) in [6.45, 7) is 35.4. The third-order valence-corrected chi connectivity index (χ3v) is 17.9. The lowest BCUT2D eigenvalue weighted by Crippen LogP contribution is -2.45. The molecule has 83 heavy (non-hydrogen) atoms. The molecular formula is C62H82N8O12Si. The zero-order valence-corrected chi connectivity index (χ0v) is 51.3. The van der Waals surface area contributed by atoms with E-state index in [-0.39, 0.29) is 59.0 Å². The van der Waals surface area contributed by atoms with Crippen LogP contribution in [0.4, 0.5) is 15.3 Å². The van der Waals surface area contributed by atoms with Crippen molar-refractivity contribution in [3.8, 4) is 40.4 Å². The van der Waals surface area contributed by atoms with Crippen LogP contribution in [0, 0.1) is 17.9 Å². The number of nitriles is 1. The molecule has 2 amide bonds. The van der Waals surface area contributed by atoms with Crippen LogP contribution in [0.5, 0.6) is 11.5 Å². The van der Waals surface area contributed by atoms with Gasteiger partial charge in [-0.15, -0.1) is 0 Å². The van der Waals surface area contributed by atoms with Crippen molar-refractivity contribution in [2.75, 3.05) is 26.3 Å². The van der Waals surface area contributed by atoms with Crippen molar-refractivity contribution in [1.29, 1.82) is 5.26 Å². The summed E-state index contributed by atoms with van der Waals surface area (Å²) in [4.78, 5) is 47.7. The van der Waals surface area contributed by atoms with Gasteiger partial charge in [-0.25, -0.2) is 19.2 Å². The van der Waals surface area contributed by atoms with E-state index in [9.17, 15) is 22.2 Å². The second-order valence-corrected chi connectivity index (χ2v) is 28.3. The lowest BCUT2D eigenvalue weighted by Gasteiger charge is -2.38. The van der Waals surface area contributed by atoms with Gasteiger partial charge < -0.3 is 49.1 Å². The number of carbonyl (C=O) groups excluding carboxylic acids is 2. The molecule has 0 spiro atoms. The number of aromatic carboxylic acids is 1. The molecule has 0 aliphatic heterocycles. The largest absolute Gasteiger partial charge is 0.502 e. The third-order valence-electron chi connectivity index (χ3n) is 13.3. The Kier molecular flexibility index (Phi) is 20.0. The molecule has 5 aromatic rings. The highest BCUT2D eigenvalue weighted by Gasteiger charge is 2.40. The van der Waals surface area contributed by atoms with E-state index in [1.54, 1.807) is 77.1 Å². The lowest BCUT2D eigenvalue weighted by atomic mass is 10.0. The second kappa shape index (κ2) is 27.9. The Balaban J connectivity index is 0.000000258. The van der Waals surface area contributed by atoms with Gasteiger partial charge >= 0.3 is 18.2 Å². The van der Waals surface area contributed by atoms with Crippen LogP contribution in [0.2, 0.25) is 18.1 Å². The Bertz CT molecular complexity index is 3420. The smallest absolute Gasteiger partial charge is 0.410 e. The number of benzene rings is 4. The number of hydrogen-bond donors (Lipinski definition) is 4. The van der Waals surface area contributed by atoms with E-state index in [2.05, 4.69) is 54.0 Å². The molecular weight excluding hydrogens is 1080 g/mol. The Labute approximate surface area is 494 Å². The van der Waals surface area contributed by atoms with Crippen molar-refractivity contribution in [3.63, 3.8) is 0 Å². The number of nitrogens with two attached hydrogens (primary N) is 1. The van der Waals surface area contributed by atoms with Crippen LogP contribution in [-0.4, -0.2) is 117 Å². The van der Waals surface area contributed by atoms with E-state index in [1.807, 2.05) is 39.0 Å². The van der Waals surface area contributed by atoms with Gasteiger partial charge in [0.05, 0.1) is 60.6 Å². The molecule has 2 atom stereocenters. The van der Waals surface area contributed by atoms with Gasteiger partial charge in [0.15, 0.2) is 14.2 Å². The number of carbonyl (C=O) groups is 3. The second-order valence-electron chi connectivity index (χ2n) is 23.5. The number of carboxylic acids is 1. The minimum atomic E-state index is -2.02. The van der Waals surface area contributed by atoms with Crippen LogP contribution >= 0.6 is 0 Å². The van der Waals surface area contributed by atoms with Crippen molar-refractivity contribution in [2.24, 2.45) is 10.9 Å².